The molecule has 0 fully saturated rings. The second-order valence-corrected chi connectivity index (χ2v) is 10.0. The van der Waals surface area contributed by atoms with Gasteiger partial charge in [0.05, 0.1) is 23.8 Å². The van der Waals surface area contributed by atoms with Crippen LogP contribution in [0.5, 0.6) is 5.75 Å². The molecule has 0 saturated heterocycles. The van der Waals surface area contributed by atoms with Crippen LogP contribution in [0.2, 0.25) is 0 Å². The molecule has 0 spiro atoms. The highest BCUT2D eigenvalue weighted by Crippen LogP contribution is 2.40. The highest BCUT2D eigenvalue weighted by Gasteiger charge is 2.38. The average Bonchev–Trinajstić information content (AvgIpc) is 2.88. The van der Waals surface area contributed by atoms with E-state index in [0.29, 0.717) is 29.0 Å². The van der Waals surface area contributed by atoms with Gasteiger partial charge in [0.1, 0.15) is 5.75 Å². The molecule has 0 aliphatic heterocycles. The predicted molar refractivity (Wildman–Crippen MR) is 137 cm³/mol. The van der Waals surface area contributed by atoms with Crippen LogP contribution in [0.1, 0.15) is 66.1 Å². The molecule has 2 unspecified atom stereocenters. The average molecular weight is 593 g/mol. The van der Waals surface area contributed by atoms with E-state index < -0.39 is 52.9 Å². The Morgan fingerprint density at radius 3 is 1.73 bits per heavy atom. The summed E-state index contributed by atoms with van der Waals surface area (Å²) >= 11 is 0. The van der Waals surface area contributed by atoms with Gasteiger partial charge in [-0.3, -0.25) is 0 Å². The van der Waals surface area contributed by atoms with Gasteiger partial charge in [0, 0.05) is 24.2 Å². The monoisotopic (exact) mass is 592 g/mol. The number of nitrogens with one attached hydrogen (secondary N) is 1. The molecule has 3 N–H and O–H groups in total. The van der Waals surface area contributed by atoms with Gasteiger partial charge in [0.15, 0.2) is 0 Å². The van der Waals surface area contributed by atoms with E-state index in [1.807, 2.05) is 19.9 Å². The smallest absolute Gasteiger partial charge is 0.416 e. The third-order valence-electron chi connectivity index (χ3n) is 6.76. The Hall–Kier alpha value is -3.25. The van der Waals surface area contributed by atoms with Crippen LogP contribution in [0.25, 0.3) is 11.1 Å². The number of methoxy groups -OCH3 is 1. The van der Waals surface area contributed by atoms with Crippen molar-refractivity contribution in [2.75, 3.05) is 7.11 Å². The van der Waals surface area contributed by atoms with E-state index in [4.69, 9.17) is 10.5 Å². The lowest BCUT2D eigenvalue weighted by atomic mass is 9.92. The number of alkyl halides is 9. The second-order valence-electron chi connectivity index (χ2n) is 10.0. The van der Waals surface area contributed by atoms with Crippen molar-refractivity contribution in [3.05, 3.63) is 88.0 Å². The van der Waals surface area contributed by atoms with E-state index in [1.54, 1.807) is 12.1 Å². The number of rotatable bonds is 8. The summed E-state index contributed by atoms with van der Waals surface area (Å²) in [4.78, 5) is 0. The van der Waals surface area contributed by atoms with Crippen molar-refractivity contribution < 1.29 is 44.3 Å². The number of halogens is 9. The Labute approximate surface area is 231 Å². The van der Waals surface area contributed by atoms with Gasteiger partial charge in [0.2, 0.25) is 0 Å². The summed E-state index contributed by atoms with van der Waals surface area (Å²) < 4.78 is 126. The molecular weight excluding hydrogens is 563 g/mol. The largest absolute Gasteiger partial charge is 0.496 e. The van der Waals surface area contributed by atoms with Gasteiger partial charge in [0.25, 0.3) is 0 Å². The predicted octanol–water partition coefficient (Wildman–Crippen LogP) is 8.72. The maximum atomic E-state index is 13.6. The minimum atomic E-state index is -5.05. The summed E-state index contributed by atoms with van der Waals surface area (Å²) in [6.45, 7) is 5.09. The van der Waals surface area contributed by atoms with E-state index in [1.165, 1.54) is 20.1 Å². The molecule has 2 atom stereocenters. The standard InChI is InChI=1S/C29H29F9N2O/c1-15(2)17-5-8-25(41-4)24(12-17)23-7-6-20(27(30,31)32)11-19(23)14-40-16(3)26(39)18-9-21(28(33,34)35)13-22(10-18)29(36,37)38/h5-13,15-16,26,40H,14,39H2,1-4H3. The van der Waals surface area contributed by atoms with Crippen molar-refractivity contribution in [2.24, 2.45) is 5.73 Å². The highest BCUT2D eigenvalue weighted by atomic mass is 19.4. The molecule has 0 heterocycles. The van der Waals surface area contributed by atoms with Crippen LogP contribution in [-0.4, -0.2) is 13.2 Å². The molecule has 0 saturated carbocycles. The Kier molecular flexibility index (Phi) is 9.39. The summed E-state index contributed by atoms with van der Waals surface area (Å²) in [5.74, 6) is 0.506. The number of hydrogen-bond donors (Lipinski definition) is 2. The second kappa shape index (κ2) is 11.9. The van der Waals surface area contributed by atoms with Gasteiger partial charge in [-0.25, -0.2) is 0 Å². The zero-order valence-corrected chi connectivity index (χ0v) is 22.5. The summed E-state index contributed by atoms with van der Waals surface area (Å²) in [7, 11) is 1.42. The molecule has 0 amide bonds. The first kappa shape index (κ1) is 32.3. The molecule has 12 heteroatoms. The minimum absolute atomic E-state index is 0.00188. The van der Waals surface area contributed by atoms with E-state index >= 15 is 0 Å². The quantitative estimate of drug-likeness (QED) is 0.257. The van der Waals surface area contributed by atoms with E-state index in [-0.39, 0.29) is 24.1 Å². The maximum Gasteiger partial charge on any atom is 0.416 e. The maximum absolute atomic E-state index is 13.6. The van der Waals surface area contributed by atoms with Crippen molar-refractivity contribution in [3.8, 4) is 16.9 Å². The first-order valence-electron chi connectivity index (χ1n) is 12.5. The van der Waals surface area contributed by atoms with Crippen LogP contribution in [0, 0.1) is 0 Å². The Morgan fingerprint density at radius 2 is 1.24 bits per heavy atom. The molecular formula is C29H29F9N2O. The van der Waals surface area contributed by atoms with Crippen LogP contribution in [-0.2, 0) is 25.1 Å². The summed E-state index contributed by atoms with van der Waals surface area (Å²) in [5, 5.41) is 2.88. The fourth-order valence-electron chi connectivity index (χ4n) is 4.33. The third kappa shape index (κ3) is 7.73. The van der Waals surface area contributed by atoms with Gasteiger partial charge < -0.3 is 15.8 Å². The van der Waals surface area contributed by atoms with Gasteiger partial charge in [-0.15, -0.1) is 0 Å². The van der Waals surface area contributed by atoms with E-state index in [0.717, 1.165) is 17.7 Å². The van der Waals surface area contributed by atoms with Crippen molar-refractivity contribution in [2.45, 2.75) is 63.8 Å². The number of ether oxygens (including phenoxy) is 1. The van der Waals surface area contributed by atoms with Gasteiger partial charge >= 0.3 is 18.5 Å². The first-order chi connectivity index (χ1) is 18.8. The summed E-state index contributed by atoms with van der Waals surface area (Å²) in [6.07, 6.45) is -14.8. The Bertz CT molecular complexity index is 1330. The highest BCUT2D eigenvalue weighted by molar-refractivity contribution is 5.74. The van der Waals surface area contributed by atoms with Crippen LogP contribution in [0.3, 0.4) is 0 Å². The molecule has 0 radical (unpaired) electrons. The van der Waals surface area contributed by atoms with Crippen molar-refractivity contribution in [3.63, 3.8) is 0 Å². The first-order valence-corrected chi connectivity index (χ1v) is 12.5. The van der Waals surface area contributed by atoms with Crippen LogP contribution >= 0.6 is 0 Å². The molecule has 3 nitrogen and oxygen atoms in total. The number of benzene rings is 3. The fourth-order valence-corrected chi connectivity index (χ4v) is 4.33. The van der Waals surface area contributed by atoms with Gasteiger partial charge in [-0.2, -0.15) is 39.5 Å². The van der Waals surface area contributed by atoms with Crippen LogP contribution in [0.15, 0.2) is 54.6 Å². The topological polar surface area (TPSA) is 47.3 Å². The fraction of sp³-hybridized carbons (Fsp3) is 0.379. The van der Waals surface area contributed by atoms with Crippen LogP contribution < -0.4 is 15.8 Å². The van der Waals surface area contributed by atoms with Crippen LogP contribution in [0.4, 0.5) is 39.5 Å². The van der Waals surface area contributed by atoms with Gasteiger partial charge in [-0.1, -0.05) is 26.0 Å². The number of hydrogen-bond acceptors (Lipinski definition) is 3. The SMILES string of the molecule is COc1ccc(C(C)C)cc1-c1ccc(C(F)(F)F)cc1CNC(C)C(N)c1cc(C(F)(F)F)cc(C(F)(F)F)c1. The minimum Gasteiger partial charge on any atom is -0.496 e. The van der Waals surface area contributed by atoms with E-state index in [2.05, 4.69) is 5.32 Å². The number of nitrogens with two attached hydrogens (primary N) is 1. The molecule has 3 aromatic carbocycles. The molecule has 3 aromatic rings. The lowest BCUT2D eigenvalue weighted by Crippen LogP contribution is -2.36. The summed E-state index contributed by atoms with van der Waals surface area (Å²) in [6, 6.07) is 7.28. The molecule has 41 heavy (non-hydrogen) atoms. The van der Waals surface area contributed by atoms with Crippen molar-refractivity contribution >= 4 is 0 Å². The zero-order valence-electron chi connectivity index (χ0n) is 22.5. The van der Waals surface area contributed by atoms with E-state index in [9.17, 15) is 39.5 Å². The van der Waals surface area contributed by atoms with Gasteiger partial charge in [-0.05, 0) is 77.6 Å². The summed E-state index contributed by atoms with van der Waals surface area (Å²) in [5.41, 5.74) is 3.71. The molecule has 3 rings (SSSR count). The molecule has 0 aliphatic carbocycles. The lowest BCUT2D eigenvalue weighted by Gasteiger charge is -2.25. The Balaban J connectivity index is 2.01. The molecule has 0 bridgehead atoms. The molecule has 0 aliphatic rings. The molecule has 0 aromatic heterocycles. The van der Waals surface area contributed by atoms with Crippen molar-refractivity contribution in [1.29, 1.82) is 0 Å². The zero-order chi connectivity index (χ0) is 30.9. The normalized spacial score (nSPS) is 14.3. The molecule has 224 valence electrons. The Morgan fingerprint density at radius 1 is 0.683 bits per heavy atom. The van der Waals surface area contributed by atoms with Crippen molar-refractivity contribution in [1.82, 2.24) is 5.32 Å². The lowest BCUT2D eigenvalue weighted by molar-refractivity contribution is -0.143. The third-order valence-corrected chi connectivity index (χ3v) is 6.76.